The van der Waals surface area contributed by atoms with Gasteiger partial charge in [0.1, 0.15) is 0 Å². The number of piperidine rings is 1. The van der Waals surface area contributed by atoms with Gasteiger partial charge in [0.2, 0.25) is 5.89 Å². The number of aromatic amines is 1. The van der Waals surface area contributed by atoms with Crippen LogP contribution in [0, 0.1) is 0 Å². The second-order valence-electron chi connectivity index (χ2n) is 6.07. The average molecular weight is 313 g/mol. The maximum Gasteiger partial charge on any atom is 0.265 e. The lowest BCUT2D eigenvalue weighted by Gasteiger charge is -2.33. The van der Waals surface area contributed by atoms with Crippen LogP contribution in [0.1, 0.15) is 24.7 Å². The van der Waals surface area contributed by atoms with Crippen LogP contribution < -0.4 is 9.80 Å². The van der Waals surface area contributed by atoms with Gasteiger partial charge in [-0.3, -0.25) is 5.10 Å². The Morgan fingerprint density at radius 1 is 1.39 bits per heavy atom. The molecule has 1 N–H and O–H groups in total. The Morgan fingerprint density at radius 2 is 2.30 bits per heavy atom. The summed E-state index contributed by atoms with van der Waals surface area (Å²) in [5.41, 5.74) is 1.97. The number of fused-ring (bicyclic) bond motifs is 1. The summed E-state index contributed by atoms with van der Waals surface area (Å²) in [6, 6.07) is 2.04. The highest BCUT2D eigenvalue weighted by molar-refractivity contribution is 5.88. The number of hydrogen-bond donors (Lipinski definition) is 1. The summed E-state index contributed by atoms with van der Waals surface area (Å²) in [6.45, 7) is 1.87. The van der Waals surface area contributed by atoms with Crippen LogP contribution in [0.4, 0.5) is 11.6 Å². The molecule has 1 aliphatic heterocycles. The minimum absolute atomic E-state index is 0.250. The lowest BCUT2D eigenvalue weighted by Crippen LogP contribution is -2.34. The van der Waals surface area contributed by atoms with E-state index in [-0.39, 0.29) is 5.92 Å². The van der Waals surface area contributed by atoms with Gasteiger partial charge in [-0.25, -0.2) is 4.98 Å². The SMILES string of the molecule is CN(C)c1noc(C2CCCN(c3ccnc4[nH]ncc34)C2)n1. The molecule has 0 amide bonds. The molecular formula is C15H19N7O. The minimum atomic E-state index is 0.250. The third kappa shape index (κ3) is 2.49. The number of pyridine rings is 1. The first-order valence-electron chi connectivity index (χ1n) is 7.76. The Kier molecular flexibility index (Phi) is 3.36. The van der Waals surface area contributed by atoms with Gasteiger partial charge >= 0.3 is 0 Å². The number of hydrogen-bond acceptors (Lipinski definition) is 7. The zero-order valence-corrected chi connectivity index (χ0v) is 13.2. The molecule has 4 heterocycles. The molecule has 8 nitrogen and oxygen atoms in total. The minimum Gasteiger partial charge on any atom is -0.370 e. The van der Waals surface area contributed by atoms with Crippen LogP contribution >= 0.6 is 0 Å². The highest BCUT2D eigenvalue weighted by Gasteiger charge is 2.27. The van der Waals surface area contributed by atoms with E-state index < -0.39 is 0 Å². The number of rotatable bonds is 3. The molecule has 1 aliphatic rings. The molecule has 1 atom stereocenters. The standard InChI is InChI=1S/C15H19N7O/c1-21(2)15-18-14(23-20-15)10-4-3-7-22(9-10)12-5-6-16-13-11(12)8-17-19-13/h5-6,8,10H,3-4,7,9H2,1-2H3,(H,16,17,19). The van der Waals surface area contributed by atoms with Crippen molar-refractivity contribution in [3.8, 4) is 0 Å². The Hall–Kier alpha value is -2.64. The zero-order chi connectivity index (χ0) is 15.8. The monoisotopic (exact) mass is 313 g/mol. The molecule has 1 unspecified atom stereocenters. The molecule has 1 saturated heterocycles. The molecule has 8 heteroatoms. The summed E-state index contributed by atoms with van der Waals surface area (Å²) in [5, 5.41) is 12.1. The van der Waals surface area contributed by atoms with E-state index in [0.29, 0.717) is 5.95 Å². The van der Waals surface area contributed by atoms with Gasteiger partial charge in [-0.2, -0.15) is 10.1 Å². The Bertz CT molecular complexity index is 809. The Labute approximate surface area is 133 Å². The van der Waals surface area contributed by atoms with Crippen molar-refractivity contribution in [1.29, 1.82) is 0 Å². The summed E-state index contributed by atoms with van der Waals surface area (Å²) in [6.07, 6.45) is 5.80. The van der Waals surface area contributed by atoms with Gasteiger partial charge in [-0.1, -0.05) is 0 Å². The van der Waals surface area contributed by atoms with Gasteiger partial charge < -0.3 is 14.3 Å². The molecule has 120 valence electrons. The van der Waals surface area contributed by atoms with Gasteiger partial charge in [0, 0.05) is 33.4 Å². The van der Waals surface area contributed by atoms with E-state index in [1.54, 1.807) is 0 Å². The van der Waals surface area contributed by atoms with Crippen molar-refractivity contribution >= 4 is 22.7 Å². The first-order valence-corrected chi connectivity index (χ1v) is 7.76. The molecule has 3 aromatic heterocycles. The number of H-pyrrole nitrogens is 1. The molecule has 0 spiro atoms. The fourth-order valence-corrected chi connectivity index (χ4v) is 3.09. The van der Waals surface area contributed by atoms with Crippen molar-refractivity contribution in [3.63, 3.8) is 0 Å². The molecule has 3 aromatic rings. The molecule has 0 aromatic carbocycles. The van der Waals surface area contributed by atoms with E-state index in [2.05, 4.69) is 30.2 Å². The van der Waals surface area contributed by atoms with Crippen LogP contribution in [0.2, 0.25) is 0 Å². The summed E-state index contributed by atoms with van der Waals surface area (Å²) in [7, 11) is 3.82. The fourth-order valence-electron chi connectivity index (χ4n) is 3.09. The summed E-state index contributed by atoms with van der Waals surface area (Å²) in [4.78, 5) is 13.0. The van der Waals surface area contributed by atoms with Crippen LogP contribution in [0.15, 0.2) is 23.0 Å². The van der Waals surface area contributed by atoms with Crippen molar-refractivity contribution in [2.24, 2.45) is 0 Å². The first kappa shape index (κ1) is 14.0. The number of nitrogens with zero attached hydrogens (tertiary/aromatic N) is 6. The molecule has 4 rings (SSSR count). The van der Waals surface area contributed by atoms with Crippen molar-refractivity contribution in [1.82, 2.24) is 25.3 Å². The van der Waals surface area contributed by atoms with Gasteiger partial charge in [0.25, 0.3) is 5.95 Å². The van der Waals surface area contributed by atoms with Gasteiger partial charge in [0.15, 0.2) is 5.65 Å². The molecule has 0 radical (unpaired) electrons. The Morgan fingerprint density at radius 3 is 3.13 bits per heavy atom. The fraction of sp³-hybridized carbons (Fsp3) is 0.467. The van der Waals surface area contributed by atoms with Crippen LogP contribution in [0.3, 0.4) is 0 Å². The second kappa shape index (κ2) is 5.53. The van der Waals surface area contributed by atoms with E-state index in [1.807, 2.05) is 37.5 Å². The quantitative estimate of drug-likeness (QED) is 0.788. The van der Waals surface area contributed by atoms with E-state index >= 15 is 0 Å². The summed E-state index contributed by atoms with van der Waals surface area (Å²) >= 11 is 0. The molecular weight excluding hydrogens is 294 g/mol. The molecule has 0 saturated carbocycles. The first-order chi connectivity index (χ1) is 11.2. The predicted octanol–water partition coefficient (Wildman–Crippen LogP) is 1.79. The van der Waals surface area contributed by atoms with Gasteiger partial charge in [-0.15, -0.1) is 0 Å². The van der Waals surface area contributed by atoms with Crippen molar-refractivity contribution in [2.45, 2.75) is 18.8 Å². The Balaban J connectivity index is 1.60. The van der Waals surface area contributed by atoms with Crippen LogP contribution in [-0.4, -0.2) is 52.5 Å². The highest BCUT2D eigenvalue weighted by atomic mass is 16.5. The average Bonchev–Trinajstić information content (AvgIpc) is 3.24. The van der Waals surface area contributed by atoms with E-state index in [9.17, 15) is 0 Å². The molecule has 0 bridgehead atoms. The zero-order valence-electron chi connectivity index (χ0n) is 13.2. The van der Waals surface area contributed by atoms with Crippen LogP contribution in [0.5, 0.6) is 0 Å². The van der Waals surface area contributed by atoms with Gasteiger partial charge in [-0.05, 0) is 24.1 Å². The van der Waals surface area contributed by atoms with Crippen LogP contribution in [0.25, 0.3) is 11.0 Å². The number of nitrogens with one attached hydrogen (secondary N) is 1. The second-order valence-corrected chi connectivity index (χ2v) is 6.07. The lowest BCUT2D eigenvalue weighted by molar-refractivity contribution is 0.333. The third-order valence-electron chi connectivity index (χ3n) is 4.27. The van der Waals surface area contributed by atoms with Crippen LogP contribution in [-0.2, 0) is 0 Å². The molecule has 23 heavy (non-hydrogen) atoms. The summed E-state index contributed by atoms with van der Waals surface area (Å²) in [5.74, 6) is 1.59. The van der Waals surface area contributed by atoms with E-state index in [1.165, 1.54) is 0 Å². The maximum atomic E-state index is 5.46. The number of anilines is 2. The summed E-state index contributed by atoms with van der Waals surface area (Å²) < 4.78 is 5.46. The highest BCUT2D eigenvalue weighted by Crippen LogP contribution is 2.32. The maximum absolute atomic E-state index is 5.46. The van der Waals surface area contributed by atoms with Crippen molar-refractivity contribution < 1.29 is 4.52 Å². The smallest absolute Gasteiger partial charge is 0.265 e. The molecule has 1 fully saturated rings. The number of aromatic nitrogens is 5. The van der Waals surface area contributed by atoms with Gasteiger partial charge in [0.05, 0.1) is 23.2 Å². The molecule has 0 aliphatic carbocycles. The van der Waals surface area contributed by atoms with E-state index in [4.69, 9.17) is 4.52 Å². The topological polar surface area (TPSA) is 87.0 Å². The lowest BCUT2D eigenvalue weighted by atomic mass is 9.97. The van der Waals surface area contributed by atoms with Crippen molar-refractivity contribution in [3.05, 3.63) is 24.4 Å². The predicted molar refractivity (Wildman–Crippen MR) is 86.7 cm³/mol. The third-order valence-corrected chi connectivity index (χ3v) is 4.27. The largest absolute Gasteiger partial charge is 0.370 e. The normalized spacial score (nSPS) is 18.5. The van der Waals surface area contributed by atoms with E-state index in [0.717, 1.165) is 48.5 Å². The van der Waals surface area contributed by atoms with Crippen molar-refractivity contribution in [2.75, 3.05) is 37.0 Å².